The first kappa shape index (κ1) is 23.3. The van der Waals surface area contributed by atoms with E-state index in [0.29, 0.717) is 29.6 Å². The van der Waals surface area contributed by atoms with Crippen molar-refractivity contribution in [3.05, 3.63) is 58.4 Å². The minimum absolute atomic E-state index is 0.171. The van der Waals surface area contributed by atoms with E-state index < -0.39 is 0 Å². The summed E-state index contributed by atoms with van der Waals surface area (Å²) < 4.78 is 14.2. The van der Waals surface area contributed by atoms with Gasteiger partial charge in [-0.1, -0.05) is 32.9 Å². The molecule has 0 N–H and O–H groups in total. The molecule has 0 bridgehead atoms. The molecule has 4 heterocycles. The quantitative estimate of drug-likeness (QED) is 0.436. The van der Waals surface area contributed by atoms with Gasteiger partial charge in [0, 0.05) is 25.6 Å². The smallest absolute Gasteiger partial charge is 0.336 e. The molecule has 184 valence electrons. The molecule has 9 heteroatoms. The van der Waals surface area contributed by atoms with E-state index in [4.69, 9.17) is 14.5 Å². The van der Waals surface area contributed by atoms with Crippen molar-refractivity contribution in [3.63, 3.8) is 0 Å². The number of piperidine rings is 1. The first-order valence-corrected chi connectivity index (χ1v) is 12.0. The van der Waals surface area contributed by atoms with Gasteiger partial charge >= 0.3 is 5.69 Å². The third kappa shape index (κ3) is 4.25. The van der Waals surface area contributed by atoms with Gasteiger partial charge in [-0.05, 0) is 36.6 Å². The maximum absolute atomic E-state index is 13.9. The molecule has 1 fully saturated rings. The second-order valence-electron chi connectivity index (χ2n) is 10.1. The van der Waals surface area contributed by atoms with Gasteiger partial charge in [0.15, 0.2) is 5.65 Å². The number of ether oxygens (including phenoxy) is 2. The zero-order chi connectivity index (χ0) is 24.7. The number of benzene rings is 1. The molecule has 1 aromatic carbocycles. The van der Waals surface area contributed by atoms with Crippen molar-refractivity contribution in [2.45, 2.75) is 51.7 Å². The number of pyridine rings is 1. The number of hydrogen-bond donors (Lipinski definition) is 0. The predicted molar refractivity (Wildman–Crippen MR) is 136 cm³/mol. The van der Waals surface area contributed by atoms with Gasteiger partial charge < -0.3 is 14.4 Å². The van der Waals surface area contributed by atoms with E-state index in [9.17, 15) is 4.79 Å². The van der Waals surface area contributed by atoms with E-state index in [-0.39, 0.29) is 11.1 Å². The van der Waals surface area contributed by atoms with E-state index in [2.05, 4.69) is 21.2 Å². The van der Waals surface area contributed by atoms with Crippen molar-refractivity contribution in [2.24, 2.45) is 0 Å². The molecule has 35 heavy (non-hydrogen) atoms. The van der Waals surface area contributed by atoms with Crippen molar-refractivity contribution in [2.75, 3.05) is 32.2 Å². The van der Waals surface area contributed by atoms with Crippen LogP contribution in [0.2, 0.25) is 0 Å². The van der Waals surface area contributed by atoms with E-state index in [0.717, 1.165) is 48.4 Å². The summed E-state index contributed by atoms with van der Waals surface area (Å²) in [5.74, 6) is 1.40. The Balaban J connectivity index is 1.68. The van der Waals surface area contributed by atoms with Crippen molar-refractivity contribution in [3.8, 4) is 5.75 Å². The normalized spacial score (nSPS) is 15.3. The minimum atomic E-state index is -0.351. The van der Waals surface area contributed by atoms with Crippen molar-refractivity contribution >= 4 is 22.4 Å². The van der Waals surface area contributed by atoms with E-state index in [1.165, 1.54) is 0 Å². The molecule has 0 saturated carbocycles. The Kier molecular flexibility index (Phi) is 5.96. The maximum atomic E-state index is 13.9. The minimum Gasteiger partial charge on any atom is -0.497 e. The van der Waals surface area contributed by atoms with Gasteiger partial charge in [-0.3, -0.25) is 4.57 Å². The SMILES string of the molecule is COc1ccc(Cn2c(=O)n3c(C(C)(C)C)nnc3c3ncc(N4CCC(OC)CC4)cc32)cc1. The molecule has 0 spiro atoms. The Morgan fingerprint density at radius 1 is 1.06 bits per heavy atom. The number of fused-ring (bicyclic) bond motifs is 3. The zero-order valence-corrected chi connectivity index (χ0v) is 21.0. The van der Waals surface area contributed by atoms with Crippen LogP contribution in [0.5, 0.6) is 5.75 Å². The topological polar surface area (TPSA) is 86.8 Å². The van der Waals surface area contributed by atoms with Gasteiger partial charge in [0.05, 0.1) is 37.2 Å². The molecule has 1 aliphatic heterocycles. The first-order valence-electron chi connectivity index (χ1n) is 12.0. The lowest BCUT2D eigenvalue weighted by atomic mass is 9.96. The second-order valence-corrected chi connectivity index (χ2v) is 10.1. The first-order chi connectivity index (χ1) is 16.8. The Morgan fingerprint density at radius 3 is 2.40 bits per heavy atom. The molecule has 1 aliphatic rings. The van der Waals surface area contributed by atoms with Crippen LogP contribution in [0.3, 0.4) is 0 Å². The van der Waals surface area contributed by atoms with Gasteiger partial charge in [-0.25, -0.2) is 14.2 Å². The van der Waals surface area contributed by atoms with Crippen LogP contribution in [0.25, 0.3) is 16.7 Å². The molecule has 0 amide bonds. The van der Waals surface area contributed by atoms with Gasteiger partial charge in [0.1, 0.15) is 17.1 Å². The summed E-state index contributed by atoms with van der Waals surface area (Å²) in [7, 11) is 3.41. The van der Waals surface area contributed by atoms with Gasteiger partial charge in [0.2, 0.25) is 0 Å². The molecule has 1 saturated heterocycles. The fourth-order valence-corrected chi connectivity index (χ4v) is 4.74. The third-order valence-electron chi connectivity index (χ3n) is 6.75. The molecule has 0 unspecified atom stereocenters. The lowest BCUT2D eigenvalue weighted by Crippen LogP contribution is -2.37. The van der Waals surface area contributed by atoms with Gasteiger partial charge in [-0.15, -0.1) is 10.2 Å². The van der Waals surface area contributed by atoms with Crippen LogP contribution < -0.4 is 15.3 Å². The van der Waals surface area contributed by atoms with Crippen molar-refractivity contribution in [1.29, 1.82) is 0 Å². The highest BCUT2D eigenvalue weighted by molar-refractivity contribution is 5.89. The number of aromatic nitrogens is 5. The Bertz CT molecular complexity index is 1410. The summed E-state index contributed by atoms with van der Waals surface area (Å²) in [5.41, 5.74) is 3.37. The Labute approximate surface area is 204 Å². The average molecular weight is 477 g/mol. The van der Waals surface area contributed by atoms with Crippen molar-refractivity contribution < 1.29 is 9.47 Å². The number of nitrogens with zero attached hydrogens (tertiary/aromatic N) is 6. The molecular weight excluding hydrogens is 444 g/mol. The number of rotatable bonds is 5. The van der Waals surface area contributed by atoms with Crippen molar-refractivity contribution in [1.82, 2.24) is 24.1 Å². The monoisotopic (exact) mass is 476 g/mol. The zero-order valence-electron chi connectivity index (χ0n) is 21.0. The maximum Gasteiger partial charge on any atom is 0.336 e. The van der Waals surface area contributed by atoms with Crippen LogP contribution in [-0.4, -0.2) is 57.6 Å². The molecular formula is C26H32N6O3. The second kappa shape index (κ2) is 8.96. The lowest BCUT2D eigenvalue weighted by Gasteiger charge is -2.32. The standard InChI is InChI=1S/C26H32N6O3/c1-26(2,3)24-29-28-23-22-21(14-18(15-27-22)30-12-10-20(35-5)11-13-30)31(25(33)32(23)24)16-17-6-8-19(34-4)9-7-17/h6-9,14-15,20H,10-13,16H2,1-5H3. The number of hydrogen-bond acceptors (Lipinski definition) is 7. The summed E-state index contributed by atoms with van der Waals surface area (Å²) in [6.45, 7) is 8.25. The summed E-state index contributed by atoms with van der Waals surface area (Å²) in [6.07, 6.45) is 4.10. The lowest BCUT2D eigenvalue weighted by molar-refractivity contribution is 0.0819. The van der Waals surface area contributed by atoms with Crippen LogP contribution in [-0.2, 0) is 16.7 Å². The third-order valence-corrected chi connectivity index (χ3v) is 6.75. The Morgan fingerprint density at radius 2 is 1.77 bits per heavy atom. The fraction of sp³-hybridized carbons (Fsp3) is 0.462. The molecule has 5 rings (SSSR count). The van der Waals surface area contributed by atoms with Gasteiger partial charge in [0.25, 0.3) is 0 Å². The highest BCUT2D eigenvalue weighted by atomic mass is 16.5. The van der Waals surface area contributed by atoms with Crippen LogP contribution >= 0.6 is 0 Å². The summed E-state index contributed by atoms with van der Waals surface area (Å²) in [5, 5.41) is 8.80. The fourth-order valence-electron chi connectivity index (χ4n) is 4.74. The van der Waals surface area contributed by atoms with E-state index >= 15 is 0 Å². The molecule has 0 atom stereocenters. The molecule has 4 aromatic rings. The van der Waals surface area contributed by atoms with Gasteiger partial charge in [-0.2, -0.15) is 0 Å². The van der Waals surface area contributed by atoms with Crippen LogP contribution in [0.4, 0.5) is 5.69 Å². The number of anilines is 1. The van der Waals surface area contributed by atoms with E-state index in [1.54, 1.807) is 23.2 Å². The Hall–Kier alpha value is -3.46. The van der Waals surface area contributed by atoms with Crippen LogP contribution in [0.1, 0.15) is 45.0 Å². The summed E-state index contributed by atoms with van der Waals surface area (Å²) in [4.78, 5) is 21.0. The molecule has 0 aliphatic carbocycles. The van der Waals surface area contributed by atoms with Crippen LogP contribution in [0.15, 0.2) is 41.3 Å². The largest absolute Gasteiger partial charge is 0.497 e. The average Bonchev–Trinajstić information content (AvgIpc) is 3.33. The highest BCUT2D eigenvalue weighted by Gasteiger charge is 2.26. The number of methoxy groups -OCH3 is 2. The summed E-state index contributed by atoms with van der Waals surface area (Å²) >= 11 is 0. The summed E-state index contributed by atoms with van der Waals surface area (Å²) in [6, 6.07) is 9.83. The van der Waals surface area contributed by atoms with Crippen LogP contribution in [0, 0.1) is 0 Å². The molecule has 0 radical (unpaired) electrons. The highest BCUT2D eigenvalue weighted by Crippen LogP contribution is 2.27. The molecule has 9 nitrogen and oxygen atoms in total. The van der Waals surface area contributed by atoms with E-state index in [1.807, 2.05) is 51.2 Å². The molecule has 3 aromatic heterocycles. The predicted octanol–water partition coefficient (Wildman–Crippen LogP) is 3.41.